The third-order valence-corrected chi connectivity index (χ3v) is 9.30. The SMILES string of the molecule is N#Cc1ccc2c(c1)c1cc(C#N)ccc1n2-c1cc(Cl)c([C](c2c(Cl)cc(Cl)cc2Cl)c2c(Cl)cc(Cl)cc2Cl)c(Cl)c1. The highest BCUT2D eigenvalue weighted by atomic mass is 35.5. The van der Waals surface area contributed by atoms with Gasteiger partial charge in [-0.05, 0) is 72.8 Å². The van der Waals surface area contributed by atoms with Gasteiger partial charge in [-0.3, -0.25) is 0 Å². The first-order chi connectivity index (χ1) is 21.0. The fourth-order valence-corrected chi connectivity index (χ4v) is 7.98. The summed E-state index contributed by atoms with van der Waals surface area (Å²) < 4.78 is 1.96. The van der Waals surface area contributed by atoms with Gasteiger partial charge in [-0.25, -0.2) is 0 Å². The van der Waals surface area contributed by atoms with E-state index in [4.69, 9.17) is 92.8 Å². The first-order valence-electron chi connectivity index (χ1n) is 12.6. The van der Waals surface area contributed by atoms with Gasteiger partial charge in [0, 0.05) is 73.3 Å². The highest BCUT2D eigenvalue weighted by Crippen LogP contribution is 2.50. The molecule has 0 saturated heterocycles. The van der Waals surface area contributed by atoms with Crippen molar-refractivity contribution in [2.24, 2.45) is 0 Å². The first-order valence-corrected chi connectivity index (χ1v) is 15.6. The van der Waals surface area contributed by atoms with Gasteiger partial charge < -0.3 is 4.57 Å². The zero-order valence-corrected chi connectivity index (χ0v) is 27.8. The van der Waals surface area contributed by atoms with E-state index in [-0.39, 0.29) is 30.1 Å². The number of nitriles is 2. The summed E-state index contributed by atoms with van der Waals surface area (Å²) in [5, 5.41) is 22.7. The summed E-state index contributed by atoms with van der Waals surface area (Å²) in [4.78, 5) is 0. The second-order valence-electron chi connectivity index (χ2n) is 9.67. The molecule has 3 nitrogen and oxygen atoms in total. The molecule has 44 heavy (non-hydrogen) atoms. The molecule has 0 spiro atoms. The van der Waals surface area contributed by atoms with E-state index < -0.39 is 0 Å². The van der Waals surface area contributed by atoms with Crippen LogP contribution in [0.2, 0.25) is 40.2 Å². The van der Waals surface area contributed by atoms with Gasteiger partial charge in [-0.1, -0.05) is 92.8 Å². The summed E-state index contributed by atoms with van der Waals surface area (Å²) in [6, 6.07) is 24.7. The van der Waals surface area contributed by atoms with Gasteiger partial charge in [0.05, 0.1) is 40.2 Å². The van der Waals surface area contributed by atoms with E-state index in [1.165, 1.54) is 0 Å². The quantitative estimate of drug-likeness (QED) is 0.169. The van der Waals surface area contributed by atoms with Crippen LogP contribution >= 0.6 is 92.8 Å². The van der Waals surface area contributed by atoms with E-state index in [1.807, 2.05) is 16.7 Å². The lowest BCUT2D eigenvalue weighted by Gasteiger charge is -2.25. The number of hydrogen-bond donors (Lipinski definition) is 0. The van der Waals surface area contributed by atoms with Crippen LogP contribution in [0, 0.1) is 28.6 Å². The molecule has 0 aliphatic carbocycles. The molecule has 6 rings (SSSR count). The summed E-state index contributed by atoms with van der Waals surface area (Å²) in [7, 11) is 0. The second-order valence-corrected chi connectivity index (χ2v) is 13.0. The van der Waals surface area contributed by atoms with Crippen molar-refractivity contribution in [3.05, 3.63) is 147 Å². The zero-order chi connectivity index (χ0) is 31.4. The monoisotopic (exact) mass is 730 g/mol. The first kappa shape index (κ1) is 31.2. The van der Waals surface area contributed by atoms with Crippen molar-refractivity contribution >= 4 is 115 Å². The van der Waals surface area contributed by atoms with Crippen molar-refractivity contribution < 1.29 is 0 Å². The fraction of sp³-hybridized carbons (Fsp3) is 0. The van der Waals surface area contributed by atoms with Gasteiger partial charge in [0.2, 0.25) is 0 Å². The van der Waals surface area contributed by atoms with Crippen LogP contribution < -0.4 is 0 Å². The minimum atomic E-state index is 0.222. The summed E-state index contributed by atoms with van der Waals surface area (Å²) in [5.74, 6) is 0.379. The number of aromatic nitrogens is 1. The maximum atomic E-state index is 9.55. The van der Waals surface area contributed by atoms with Crippen molar-refractivity contribution in [1.82, 2.24) is 4.57 Å². The molecule has 1 aromatic heterocycles. The normalized spacial score (nSPS) is 11.3. The van der Waals surface area contributed by atoms with E-state index in [2.05, 4.69) is 12.1 Å². The molecule has 0 N–H and O–H groups in total. The van der Waals surface area contributed by atoms with Crippen LogP contribution in [0.4, 0.5) is 0 Å². The zero-order valence-electron chi connectivity index (χ0n) is 21.8. The molecule has 215 valence electrons. The molecule has 0 atom stereocenters. The van der Waals surface area contributed by atoms with Crippen LogP contribution in [0.25, 0.3) is 27.5 Å². The second kappa shape index (κ2) is 12.2. The van der Waals surface area contributed by atoms with Crippen molar-refractivity contribution in [1.29, 1.82) is 10.5 Å². The van der Waals surface area contributed by atoms with Gasteiger partial charge in [0.1, 0.15) is 0 Å². The predicted octanol–water partition coefficient (Wildman–Crippen LogP) is 12.8. The fourth-order valence-electron chi connectivity index (χ4n) is 5.31. The lowest BCUT2D eigenvalue weighted by atomic mass is 9.84. The number of halogens is 8. The summed E-state index contributed by atoms with van der Waals surface area (Å²) in [5.41, 5.74) is 4.26. The van der Waals surface area contributed by atoms with Gasteiger partial charge >= 0.3 is 0 Å². The number of benzene rings is 5. The molecule has 5 aromatic carbocycles. The van der Waals surface area contributed by atoms with Crippen LogP contribution in [-0.2, 0) is 0 Å². The maximum absolute atomic E-state index is 9.55. The largest absolute Gasteiger partial charge is 0.309 e. The molecule has 11 heteroatoms. The van der Waals surface area contributed by atoms with E-state index in [9.17, 15) is 10.5 Å². The van der Waals surface area contributed by atoms with Crippen LogP contribution in [0.5, 0.6) is 0 Å². The Balaban J connectivity index is 1.66. The summed E-state index contributed by atoms with van der Waals surface area (Å²) in [6.45, 7) is 0. The molecule has 6 aromatic rings. The minimum absolute atomic E-state index is 0.222. The molecule has 1 heterocycles. The van der Waals surface area contributed by atoms with Crippen LogP contribution in [0.15, 0.2) is 72.8 Å². The molecule has 0 unspecified atom stereocenters. The van der Waals surface area contributed by atoms with E-state index in [1.54, 1.807) is 60.7 Å². The van der Waals surface area contributed by atoms with Crippen LogP contribution in [-0.4, -0.2) is 4.57 Å². The van der Waals surface area contributed by atoms with Crippen LogP contribution in [0.3, 0.4) is 0 Å². The smallest absolute Gasteiger partial charge is 0.0991 e. The van der Waals surface area contributed by atoms with Gasteiger partial charge in [-0.2, -0.15) is 10.5 Å². The highest BCUT2D eigenvalue weighted by molar-refractivity contribution is 6.43. The molecule has 0 fully saturated rings. The minimum Gasteiger partial charge on any atom is -0.309 e. The van der Waals surface area contributed by atoms with E-state index in [0.29, 0.717) is 49.5 Å². The van der Waals surface area contributed by atoms with Crippen molar-refractivity contribution in [3.63, 3.8) is 0 Å². The van der Waals surface area contributed by atoms with Crippen molar-refractivity contribution in [2.45, 2.75) is 0 Å². The predicted molar refractivity (Wildman–Crippen MR) is 184 cm³/mol. The lowest BCUT2D eigenvalue weighted by Crippen LogP contribution is -2.10. The van der Waals surface area contributed by atoms with Gasteiger partial charge in [0.15, 0.2) is 0 Å². The van der Waals surface area contributed by atoms with Gasteiger partial charge in [-0.15, -0.1) is 0 Å². The average Bonchev–Trinajstić information content (AvgIpc) is 3.28. The molecule has 0 saturated carbocycles. The lowest BCUT2D eigenvalue weighted by molar-refractivity contribution is 1.16. The Morgan fingerprint density at radius 2 is 0.818 bits per heavy atom. The Bertz CT molecular complexity index is 2060. The highest BCUT2D eigenvalue weighted by Gasteiger charge is 2.32. The number of hydrogen-bond acceptors (Lipinski definition) is 2. The Kier molecular flexibility index (Phi) is 8.64. The number of fused-ring (bicyclic) bond motifs is 3. The maximum Gasteiger partial charge on any atom is 0.0991 e. The summed E-state index contributed by atoms with van der Waals surface area (Å²) in [6.07, 6.45) is 0. The molecule has 1 radical (unpaired) electrons. The summed E-state index contributed by atoms with van der Waals surface area (Å²) >= 11 is 53.5. The Morgan fingerprint density at radius 1 is 0.477 bits per heavy atom. The standard InChI is InChI=1S/C33H12Cl8N3/c34-17-7-22(36)30(23(37)8-17)33(31-24(38)9-18(35)10-25(31)39)32-26(40)11-19(12-27(32)41)44-28-3-1-15(13-42)5-20(28)21-6-16(14-43)2-4-29(21)44/h1-12H. The van der Waals surface area contributed by atoms with E-state index >= 15 is 0 Å². The number of nitrogens with zero attached hydrogens (tertiary/aromatic N) is 3. The molecule has 0 aliphatic heterocycles. The van der Waals surface area contributed by atoms with Gasteiger partial charge in [0.25, 0.3) is 0 Å². The Morgan fingerprint density at radius 3 is 1.16 bits per heavy atom. The third kappa shape index (κ3) is 5.37. The molecular weight excluding hydrogens is 722 g/mol. The van der Waals surface area contributed by atoms with Crippen molar-refractivity contribution in [3.8, 4) is 17.8 Å². The topological polar surface area (TPSA) is 52.5 Å². The van der Waals surface area contributed by atoms with Crippen molar-refractivity contribution in [2.75, 3.05) is 0 Å². The molecular formula is C33H12Cl8N3. The Labute approximate surface area is 292 Å². The average molecular weight is 734 g/mol. The third-order valence-electron chi connectivity index (χ3n) is 7.07. The Hall–Kier alpha value is -2.80. The van der Waals surface area contributed by atoms with E-state index in [0.717, 1.165) is 21.8 Å². The molecule has 0 bridgehead atoms. The molecule has 0 amide bonds. The molecule has 0 aliphatic rings. The number of rotatable bonds is 4. The van der Waals surface area contributed by atoms with Crippen LogP contribution in [0.1, 0.15) is 27.8 Å².